The molecule has 0 spiro atoms. The average molecular weight is 373 g/mol. The maximum atomic E-state index is 12.8. The number of hydrogen-bond donors (Lipinski definition) is 1. The number of hydrazone groups is 1. The molecule has 0 aliphatic rings. The van der Waals surface area contributed by atoms with Gasteiger partial charge in [0.2, 0.25) is 0 Å². The number of carbonyl (C=O) groups excluding carboxylic acids is 1. The molecule has 0 bridgehead atoms. The first-order valence-corrected chi connectivity index (χ1v) is 8.96. The van der Waals surface area contributed by atoms with Gasteiger partial charge in [-0.25, -0.2) is 9.82 Å². The summed E-state index contributed by atoms with van der Waals surface area (Å²) in [6.45, 7) is 0. The number of pyridine rings is 1. The molecule has 3 aromatic rings. The van der Waals surface area contributed by atoms with Crippen molar-refractivity contribution in [2.24, 2.45) is 5.10 Å². The first-order chi connectivity index (χ1) is 12.2. The van der Waals surface area contributed by atoms with Gasteiger partial charge in [0, 0.05) is 6.20 Å². The second-order valence-corrected chi connectivity index (χ2v) is 6.92. The Bertz CT molecular complexity index is 868. The van der Waals surface area contributed by atoms with Gasteiger partial charge in [-0.15, -0.1) is 10.2 Å². The fourth-order valence-corrected chi connectivity index (χ4v) is 3.37. The van der Waals surface area contributed by atoms with Gasteiger partial charge >= 0.3 is 0 Å². The van der Waals surface area contributed by atoms with Crippen LogP contribution in [0.4, 0.5) is 4.39 Å². The monoisotopic (exact) mass is 373 g/mol. The van der Waals surface area contributed by atoms with Crippen LogP contribution >= 0.6 is 23.1 Å². The number of nitrogens with zero attached hydrogens (tertiary/aromatic N) is 4. The van der Waals surface area contributed by atoms with Crippen LogP contribution in [0, 0.1) is 5.82 Å². The van der Waals surface area contributed by atoms with Crippen molar-refractivity contribution in [3.8, 4) is 10.7 Å². The molecule has 0 saturated heterocycles. The summed E-state index contributed by atoms with van der Waals surface area (Å²) in [7, 11) is 0. The van der Waals surface area contributed by atoms with Crippen LogP contribution in [-0.2, 0) is 4.79 Å². The van der Waals surface area contributed by atoms with E-state index in [1.807, 2.05) is 18.2 Å². The number of halogens is 1. The number of thioether (sulfide) groups is 1. The summed E-state index contributed by atoms with van der Waals surface area (Å²) in [4.78, 5) is 16.0. The molecule has 0 unspecified atom stereocenters. The summed E-state index contributed by atoms with van der Waals surface area (Å²) in [5.41, 5.74) is 3.86. The summed E-state index contributed by atoms with van der Waals surface area (Å²) in [6, 6.07) is 11.4. The van der Waals surface area contributed by atoms with E-state index in [-0.39, 0.29) is 17.5 Å². The summed E-state index contributed by atoms with van der Waals surface area (Å²) in [6.07, 6.45) is 3.14. The zero-order chi connectivity index (χ0) is 17.5. The van der Waals surface area contributed by atoms with Crippen LogP contribution in [0.1, 0.15) is 5.56 Å². The van der Waals surface area contributed by atoms with Crippen molar-refractivity contribution < 1.29 is 9.18 Å². The molecule has 0 atom stereocenters. The van der Waals surface area contributed by atoms with Crippen molar-refractivity contribution >= 4 is 35.2 Å². The first-order valence-electron chi connectivity index (χ1n) is 7.16. The normalized spacial score (nSPS) is 10.9. The van der Waals surface area contributed by atoms with Crippen molar-refractivity contribution in [3.05, 3.63) is 60.0 Å². The molecule has 1 N–H and O–H groups in total. The fourth-order valence-electron chi connectivity index (χ4n) is 1.75. The van der Waals surface area contributed by atoms with E-state index in [1.54, 1.807) is 18.3 Å². The summed E-state index contributed by atoms with van der Waals surface area (Å²) >= 11 is 2.65. The molecule has 9 heteroatoms. The minimum absolute atomic E-state index is 0.164. The van der Waals surface area contributed by atoms with E-state index >= 15 is 0 Å². The first kappa shape index (κ1) is 17.2. The highest BCUT2D eigenvalue weighted by Gasteiger charge is 2.09. The van der Waals surface area contributed by atoms with E-state index in [4.69, 9.17) is 0 Å². The van der Waals surface area contributed by atoms with Crippen LogP contribution in [0.3, 0.4) is 0 Å². The third-order valence-electron chi connectivity index (χ3n) is 2.89. The molecule has 3 rings (SSSR count). The number of benzene rings is 1. The van der Waals surface area contributed by atoms with Crippen molar-refractivity contribution in [3.63, 3.8) is 0 Å². The van der Waals surface area contributed by atoms with Crippen LogP contribution in [0.15, 0.2) is 58.1 Å². The molecule has 1 aromatic carbocycles. The highest BCUT2D eigenvalue weighted by atomic mass is 32.2. The second kappa shape index (κ2) is 8.45. The number of hydrogen-bond acceptors (Lipinski definition) is 7. The predicted octanol–water partition coefficient (Wildman–Crippen LogP) is 2.98. The van der Waals surface area contributed by atoms with Gasteiger partial charge in [0.05, 0.1) is 12.0 Å². The van der Waals surface area contributed by atoms with Crippen LogP contribution in [0.2, 0.25) is 0 Å². The maximum Gasteiger partial charge on any atom is 0.250 e. The van der Waals surface area contributed by atoms with Gasteiger partial charge in [-0.05, 0) is 29.8 Å². The standard InChI is InChI=1S/C16H12FN5OS2/c17-12-6-4-11(5-7-12)9-19-20-14(23)10-24-16-22-21-15(25-16)13-3-1-2-8-18-13/h1-9H,10H2,(H,20,23)/b19-9-. The average Bonchev–Trinajstić information content (AvgIpc) is 3.11. The van der Waals surface area contributed by atoms with Gasteiger partial charge in [0.15, 0.2) is 9.35 Å². The maximum absolute atomic E-state index is 12.8. The molecule has 0 aliphatic carbocycles. The number of nitrogens with one attached hydrogen (secondary N) is 1. The summed E-state index contributed by atoms with van der Waals surface area (Å²) < 4.78 is 13.5. The SMILES string of the molecule is O=C(CSc1nnc(-c2ccccn2)s1)N/N=C\c1ccc(F)cc1. The lowest BCUT2D eigenvalue weighted by Gasteiger charge is -1.97. The minimum atomic E-state index is -0.320. The van der Waals surface area contributed by atoms with E-state index in [1.165, 1.54) is 41.4 Å². The number of carbonyl (C=O) groups is 1. The molecule has 6 nitrogen and oxygen atoms in total. The number of rotatable bonds is 6. The van der Waals surface area contributed by atoms with Crippen molar-refractivity contribution in [2.75, 3.05) is 5.75 Å². The molecule has 0 aliphatic heterocycles. The Labute approximate surface area is 151 Å². The highest BCUT2D eigenvalue weighted by molar-refractivity contribution is 8.01. The quantitative estimate of drug-likeness (QED) is 0.408. The fraction of sp³-hybridized carbons (Fsp3) is 0.0625. The Balaban J connectivity index is 1.48. The third-order valence-corrected chi connectivity index (χ3v) is 4.97. The van der Waals surface area contributed by atoms with E-state index in [0.717, 1.165) is 5.69 Å². The largest absolute Gasteiger partial charge is 0.272 e. The smallest absolute Gasteiger partial charge is 0.250 e. The minimum Gasteiger partial charge on any atom is -0.272 e. The molecule has 0 radical (unpaired) electrons. The molecule has 0 saturated carbocycles. The van der Waals surface area contributed by atoms with Crippen LogP contribution in [-0.4, -0.2) is 33.1 Å². The molecule has 2 heterocycles. The molecule has 126 valence electrons. The lowest BCUT2D eigenvalue weighted by molar-refractivity contribution is -0.118. The van der Waals surface area contributed by atoms with E-state index in [0.29, 0.717) is 14.9 Å². The topological polar surface area (TPSA) is 80.1 Å². The number of aromatic nitrogens is 3. The van der Waals surface area contributed by atoms with Crippen LogP contribution in [0.5, 0.6) is 0 Å². The van der Waals surface area contributed by atoms with Crippen molar-refractivity contribution in [1.29, 1.82) is 0 Å². The molecule has 25 heavy (non-hydrogen) atoms. The highest BCUT2D eigenvalue weighted by Crippen LogP contribution is 2.27. The lowest BCUT2D eigenvalue weighted by atomic mass is 10.2. The molecule has 1 amide bonds. The Morgan fingerprint density at radius 2 is 2.08 bits per heavy atom. The van der Waals surface area contributed by atoms with Gasteiger partial charge in [0.1, 0.15) is 11.5 Å². The Kier molecular flexibility index (Phi) is 5.81. The lowest BCUT2D eigenvalue weighted by Crippen LogP contribution is -2.19. The van der Waals surface area contributed by atoms with Gasteiger partial charge in [-0.1, -0.05) is 41.3 Å². The van der Waals surface area contributed by atoms with Crippen LogP contribution in [0.25, 0.3) is 10.7 Å². The van der Waals surface area contributed by atoms with Gasteiger partial charge in [-0.3, -0.25) is 9.78 Å². The zero-order valence-corrected chi connectivity index (χ0v) is 14.4. The van der Waals surface area contributed by atoms with E-state index in [2.05, 4.69) is 25.7 Å². The predicted molar refractivity (Wildman–Crippen MR) is 96.0 cm³/mol. The number of amides is 1. The van der Waals surface area contributed by atoms with Crippen molar-refractivity contribution in [2.45, 2.75) is 4.34 Å². The second-order valence-electron chi connectivity index (χ2n) is 4.72. The van der Waals surface area contributed by atoms with E-state index < -0.39 is 0 Å². The molecule has 0 fully saturated rings. The van der Waals surface area contributed by atoms with Gasteiger partial charge in [-0.2, -0.15) is 5.10 Å². The third kappa shape index (κ3) is 5.16. The molecular formula is C16H12FN5OS2. The summed E-state index contributed by atoms with van der Waals surface area (Å²) in [5, 5.41) is 12.6. The van der Waals surface area contributed by atoms with Gasteiger partial charge < -0.3 is 0 Å². The molecular weight excluding hydrogens is 361 g/mol. The Morgan fingerprint density at radius 3 is 2.84 bits per heavy atom. The zero-order valence-electron chi connectivity index (χ0n) is 12.8. The Hall–Kier alpha value is -2.65. The Morgan fingerprint density at radius 1 is 1.24 bits per heavy atom. The molecule has 2 aromatic heterocycles. The van der Waals surface area contributed by atoms with Crippen LogP contribution < -0.4 is 5.43 Å². The van der Waals surface area contributed by atoms with Gasteiger partial charge in [0.25, 0.3) is 5.91 Å². The van der Waals surface area contributed by atoms with E-state index in [9.17, 15) is 9.18 Å². The summed E-state index contributed by atoms with van der Waals surface area (Å²) in [5.74, 6) is -0.421. The van der Waals surface area contributed by atoms with Crippen molar-refractivity contribution in [1.82, 2.24) is 20.6 Å².